The smallest absolute Gasteiger partial charge is 0.208 e. The van der Waals surface area contributed by atoms with Crippen molar-refractivity contribution in [3.8, 4) is 11.5 Å². The van der Waals surface area contributed by atoms with Gasteiger partial charge in [-0.25, -0.2) is 15.0 Å². The molecule has 4 rings (SSSR count). The SMILES string of the molecule is Cc1ncccc1Oc1cc(Sc2ccccn2)cnc1Nc1nc([C@H](O)CO)ns1.O. The zero-order chi connectivity index (χ0) is 21.6. The summed E-state index contributed by atoms with van der Waals surface area (Å²) in [5.41, 5.74) is 0.737. The quantitative estimate of drug-likeness (QED) is 0.348. The van der Waals surface area contributed by atoms with E-state index < -0.39 is 12.7 Å². The fourth-order valence-electron chi connectivity index (χ4n) is 2.48. The molecule has 0 aliphatic carbocycles. The molecule has 5 N–H and O–H groups in total. The molecule has 0 amide bonds. The fraction of sp³-hybridized carbons (Fsp3) is 0.150. The molecule has 0 radical (unpaired) electrons. The van der Waals surface area contributed by atoms with E-state index in [9.17, 15) is 5.11 Å². The van der Waals surface area contributed by atoms with Crippen molar-refractivity contribution in [2.24, 2.45) is 0 Å². The van der Waals surface area contributed by atoms with Crippen molar-refractivity contribution < 1.29 is 20.4 Å². The van der Waals surface area contributed by atoms with Gasteiger partial charge in [0, 0.05) is 41.1 Å². The molecule has 1 atom stereocenters. The molecule has 0 saturated heterocycles. The van der Waals surface area contributed by atoms with Crippen LogP contribution in [0.3, 0.4) is 0 Å². The van der Waals surface area contributed by atoms with Crippen LogP contribution in [0.5, 0.6) is 11.5 Å². The zero-order valence-electron chi connectivity index (χ0n) is 16.8. The Balaban J connectivity index is 0.00000289. The molecule has 32 heavy (non-hydrogen) atoms. The van der Waals surface area contributed by atoms with Gasteiger partial charge in [0.25, 0.3) is 0 Å². The summed E-state index contributed by atoms with van der Waals surface area (Å²) in [7, 11) is 0. The van der Waals surface area contributed by atoms with E-state index in [4.69, 9.17) is 9.84 Å². The van der Waals surface area contributed by atoms with Crippen LogP contribution in [0.2, 0.25) is 0 Å². The minimum absolute atomic E-state index is 0. The predicted molar refractivity (Wildman–Crippen MR) is 120 cm³/mol. The molecule has 166 valence electrons. The summed E-state index contributed by atoms with van der Waals surface area (Å²) in [6, 6.07) is 11.2. The number of anilines is 2. The van der Waals surface area contributed by atoms with Crippen molar-refractivity contribution in [1.82, 2.24) is 24.3 Å². The summed E-state index contributed by atoms with van der Waals surface area (Å²) in [5.74, 6) is 1.63. The highest BCUT2D eigenvalue weighted by molar-refractivity contribution is 7.99. The number of pyridine rings is 3. The van der Waals surface area contributed by atoms with Crippen molar-refractivity contribution in [3.05, 3.63) is 66.5 Å². The first-order valence-corrected chi connectivity index (χ1v) is 10.8. The maximum atomic E-state index is 9.71. The van der Waals surface area contributed by atoms with Gasteiger partial charge in [0.2, 0.25) is 5.13 Å². The maximum Gasteiger partial charge on any atom is 0.208 e. The molecule has 12 heteroatoms. The normalized spacial score (nSPS) is 11.5. The highest BCUT2D eigenvalue weighted by Gasteiger charge is 2.16. The molecule has 0 aliphatic rings. The second kappa shape index (κ2) is 10.9. The molecular weight excluding hydrogens is 452 g/mol. The number of hydrogen-bond acceptors (Lipinski definition) is 11. The highest BCUT2D eigenvalue weighted by Crippen LogP contribution is 2.36. The third-order valence-electron chi connectivity index (χ3n) is 4.00. The molecule has 0 unspecified atom stereocenters. The highest BCUT2D eigenvalue weighted by atomic mass is 32.2. The van der Waals surface area contributed by atoms with Crippen LogP contribution in [-0.2, 0) is 0 Å². The second-order valence-corrected chi connectivity index (χ2v) is 8.10. The summed E-state index contributed by atoms with van der Waals surface area (Å²) in [6.07, 6.45) is 4.00. The van der Waals surface area contributed by atoms with Crippen molar-refractivity contribution in [2.75, 3.05) is 11.9 Å². The minimum atomic E-state index is -1.13. The average Bonchev–Trinajstić information content (AvgIpc) is 3.26. The molecular formula is C20H20N6O4S2. The summed E-state index contributed by atoms with van der Waals surface area (Å²) in [6.45, 7) is 1.40. The maximum absolute atomic E-state index is 9.71. The Morgan fingerprint density at radius 2 is 1.97 bits per heavy atom. The molecule has 10 nitrogen and oxygen atoms in total. The van der Waals surface area contributed by atoms with Gasteiger partial charge >= 0.3 is 0 Å². The van der Waals surface area contributed by atoms with E-state index in [1.54, 1.807) is 24.7 Å². The van der Waals surface area contributed by atoms with Crippen molar-refractivity contribution in [1.29, 1.82) is 0 Å². The first-order valence-electron chi connectivity index (χ1n) is 9.20. The van der Waals surface area contributed by atoms with E-state index in [0.717, 1.165) is 27.1 Å². The van der Waals surface area contributed by atoms with Crippen LogP contribution >= 0.6 is 23.3 Å². The molecule has 0 aliphatic heterocycles. The first kappa shape index (κ1) is 23.5. The van der Waals surface area contributed by atoms with Gasteiger partial charge in [-0.1, -0.05) is 17.8 Å². The van der Waals surface area contributed by atoms with E-state index >= 15 is 0 Å². The number of nitrogens with one attached hydrogen (secondary N) is 1. The van der Waals surface area contributed by atoms with Gasteiger partial charge in [0.05, 0.1) is 12.3 Å². The second-order valence-electron chi connectivity index (χ2n) is 6.26. The standard InChI is InChI=1S/C20H18N6O3S2.H2O/c1-12-15(5-4-8-21-12)29-16-9-13(30-17-6-2-3-7-22-17)10-23-19(16)25-20-24-18(26-31-20)14(28)11-27;/h2-10,14,27-28H,11H2,1H3,(H,23,24,25,26);1H2/t14-;/m1./s1. The van der Waals surface area contributed by atoms with E-state index in [-0.39, 0.29) is 11.3 Å². The Bertz CT molecular complexity index is 1160. The van der Waals surface area contributed by atoms with Gasteiger partial charge in [0.15, 0.2) is 17.4 Å². The Hall–Kier alpha value is -3.16. The molecule has 0 saturated carbocycles. The largest absolute Gasteiger partial charge is 0.452 e. The molecule has 0 spiro atoms. The lowest BCUT2D eigenvalue weighted by atomic mass is 10.3. The predicted octanol–water partition coefficient (Wildman–Crippen LogP) is 2.92. The molecule has 0 fully saturated rings. The van der Waals surface area contributed by atoms with Crippen LogP contribution in [0.1, 0.15) is 17.6 Å². The summed E-state index contributed by atoms with van der Waals surface area (Å²) in [5, 5.41) is 23.1. The third kappa shape index (κ3) is 5.75. The van der Waals surface area contributed by atoms with Crippen LogP contribution in [0.4, 0.5) is 10.9 Å². The molecule has 0 aromatic carbocycles. The number of nitrogens with zero attached hydrogens (tertiary/aromatic N) is 5. The minimum Gasteiger partial charge on any atom is -0.452 e. The topological polar surface area (TPSA) is 158 Å². The van der Waals surface area contributed by atoms with E-state index in [1.165, 1.54) is 11.8 Å². The average molecular weight is 473 g/mol. The van der Waals surface area contributed by atoms with E-state index in [0.29, 0.717) is 22.4 Å². The van der Waals surface area contributed by atoms with Crippen LogP contribution in [-0.4, -0.2) is 46.6 Å². The number of aryl methyl sites for hydroxylation is 1. The Morgan fingerprint density at radius 3 is 2.72 bits per heavy atom. The van der Waals surface area contributed by atoms with Gasteiger partial charge in [-0.05, 0) is 31.2 Å². The van der Waals surface area contributed by atoms with Crippen molar-refractivity contribution in [2.45, 2.75) is 22.9 Å². The number of aromatic nitrogens is 5. The van der Waals surface area contributed by atoms with Gasteiger partial charge in [0.1, 0.15) is 16.9 Å². The molecule has 4 aromatic rings. The van der Waals surface area contributed by atoms with Crippen LogP contribution in [0.15, 0.2) is 64.9 Å². The Morgan fingerprint density at radius 1 is 1.12 bits per heavy atom. The fourth-order valence-corrected chi connectivity index (χ4v) is 3.87. The third-order valence-corrected chi connectivity index (χ3v) is 5.56. The number of aliphatic hydroxyl groups is 2. The van der Waals surface area contributed by atoms with E-state index in [2.05, 4.69) is 29.6 Å². The summed E-state index contributed by atoms with van der Waals surface area (Å²) < 4.78 is 10.2. The monoisotopic (exact) mass is 472 g/mol. The van der Waals surface area contributed by atoms with Crippen LogP contribution < -0.4 is 10.1 Å². The van der Waals surface area contributed by atoms with Crippen LogP contribution in [0, 0.1) is 6.92 Å². The lowest BCUT2D eigenvalue weighted by Gasteiger charge is -2.13. The number of ether oxygens (including phenoxy) is 1. The Labute approximate surface area is 191 Å². The van der Waals surface area contributed by atoms with E-state index in [1.807, 2.05) is 37.3 Å². The first-order chi connectivity index (χ1) is 15.1. The number of aliphatic hydroxyl groups excluding tert-OH is 2. The van der Waals surface area contributed by atoms with Gasteiger partial charge in [-0.15, -0.1) is 0 Å². The van der Waals surface area contributed by atoms with Gasteiger partial charge in [-0.3, -0.25) is 4.98 Å². The lowest BCUT2D eigenvalue weighted by molar-refractivity contribution is 0.0897. The van der Waals surface area contributed by atoms with Gasteiger partial charge < -0.3 is 25.7 Å². The zero-order valence-corrected chi connectivity index (χ0v) is 18.5. The van der Waals surface area contributed by atoms with Crippen molar-refractivity contribution in [3.63, 3.8) is 0 Å². The summed E-state index contributed by atoms with van der Waals surface area (Å²) >= 11 is 2.51. The van der Waals surface area contributed by atoms with Gasteiger partial charge in [-0.2, -0.15) is 4.37 Å². The van der Waals surface area contributed by atoms with Crippen LogP contribution in [0.25, 0.3) is 0 Å². The number of hydrogen-bond donors (Lipinski definition) is 3. The Kier molecular flexibility index (Phi) is 8.03. The summed E-state index contributed by atoms with van der Waals surface area (Å²) in [4.78, 5) is 18.1. The van der Waals surface area contributed by atoms with Crippen molar-refractivity contribution >= 4 is 34.2 Å². The molecule has 0 bridgehead atoms. The number of rotatable bonds is 8. The molecule has 4 aromatic heterocycles. The lowest BCUT2D eigenvalue weighted by Crippen LogP contribution is -2.04. The molecule has 4 heterocycles.